The molecule has 1 aliphatic carbocycles. The molecule has 0 saturated carbocycles. The van der Waals surface area contributed by atoms with Gasteiger partial charge >= 0.3 is 0 Å². The third-order valence-electron chi connectivity index (χ3n) is 3.63. The first-order valence-corrected chi connectivity index (χ1v) is 8.31. The fourth-order valence-electron chi connectivity index (χ4n) is 2.49. The summed E-state index contributed by atoms with van der Waals surface area (Å²) in [5.74, 6) is -0.722. The summed E-state index contributed by atoms with van der Waals surface area (Å²) < 4.78 is 0. The minimum absolute atomic E-state index is 0.292. The van der Waals surface area contributed by atoms with Crippen molar-refractivity contribution in [3.63, 3.8) is 0 Å². The van der Waals surface area contributed by atoms with E-state index in [1.807, 2.05) is 6.07 Å². The summed E-state index contributed by atoms with van der Waals surface area (Å²) in [5.41, 5.74) is 6.44. The Morgan fingerprint density at radius 1 is 1.05 bits per heavy atom. The first kappa shape index (κ1) is 15.1. The molecule has 1 heterocycles. The highest BCUT2D eigenvalue weighted by Crippen LogP contribution is 2.29. The highest BCUT2D eigenvalue weighted by atomic mass is 35.5. The van der Waals surface area contributed by atoms with Crippen molar-refractivity contribution >= 4 is 34.8 Å². The molecule has 114 valence electrons. The maximum Gasteiger partial charge on any atom is 0.279 e. The molecule has 6 heteroatoms. The van der Waals surface area contributed by atoms with E-state index in [0.29, 0.717) is 15.5 Å². The summed E-state index contributed by atoms with van der Waals surface area (Å²) in [4.78, 5) is 26.0. The molecule has 2 amide bonds. The van der Waals surface area contributed by atoms with E-state index in [2.05, 4.69) is 10.9 Å². The monoisotopic (exact) mass is 334 g/mol. The van der Waals surface area contributed by atoms with Crippen LogP contribution in [0.15, 0.2) is 30.3 Å². The Kier molecular flexibility index (Phi) is 4.45. The Morgan fingerprint density at radius 2 is 1.77 bits per heavy atom. The summed E-state index contributed by atoms with van der Waals surface area (Å²) in [6.07, 6.45) is 4.43. The van der Waals surface area contributed by atoms with Crippen LogP contribution >= 0.6 is 22.9 Å². The highest BCUT2D eigenvalue weighted by molar-refractivity contribution is 7.14. The van der Waals surface area contributed by atoms with Crippen LogP contribution in [0.4, 0.5) is 0 Å². The van der Waals surface area contributed by atoms with Crippen molar-refractivity contribution in [3.8, 4) is 0 Å². The topological polar surface area (TPSA) is 58.2 Å². The van der Waals surface area contributed by atoms with Gasteiger partial charge in [0.15, 0.2) is 0 Å². The zero-order valence-electron chi connectivity index (χ0n) is 11.8. The SMILES string of the molecule is O=C(NNC(=O)c1ccccc1Cl)c1cc2c(s1)CCCC2. The van der Waals surface area contributed by atoms with Crippen LogP contribution in [0, 0.1) is 0 Å². The second-order valence-corrected chi connectivity index (χ2v) is 6.70. The second-order valence-electron chi connectivity index (χ2n) is 5.15. The van der Waals surface area contributed by atoms with E-state index in [0.717, 1.165) is 12.8 Å². The number of thiophene rings is 1. The Morgan fingerprint density at radius 3 is 2.55 bits per heavy atom. The van der Waals surface area contributed by atoms with Gasteiger partial charge in [0, 0.05) is 4.88 Å². The summed E-state index contributed by atoms with van der Waals surface area (Å²) in [5, 5.41) is 0.348. The van der Waals surface area contributed by atoms with Crippen molar-refractivity contribution < 1.29 is 9.59 Å². The number of rotatable bonds is 2. The normalized spacial score (nSPS) is 13.3. The molecule has 0 radical (unpaired) electrons. The van der Waals surface area contributed by atoms with Gasteiger partial charge in [0.1, 0.15) is 0 Å². The maximum absolute atomic E-state index is 12.1. The summed E-state index contributed by atoms with van der Waals surface area (Å²) in [6.45, 7) is 0. The average Bonchev–Trinajstić information content (AvgIpc) is 2.97. The van der Waals surface area contributed by atoms with Crippen LogP contribution in [0.5, 0.6) is 0 Å². The molecular formula is C16H15ClN2O2S. The van der Waals surface area contributed by atoms with E-state index >= 15 is 0 Å². The molecule has 2 aromatic rings. The number of hydrogen-bond acceptors (Lipinski definition) is 3. The first-order valence-electron chi connectivity index (χ1n) is 7.12. The van der Waals surface area contributed by atoms with Crippen molar-refractivity contribution in [3.05, 3.63) is 56.2 Å². The van der Waals surface area contributed by atoms with Gasteiger partial charge in [-0.15, -0.1) is 11.3 Å². The highest BCUT2D eigenvalue weighted by Gasteiger charge is 2.18. The van der Waals surface area contributed by atoms with Crippen LogP contribution in [0.2, 0.25) is 5.02 Å². The van der Waals surface area contributed by atoms with E-state index in [1.165, 1.54) is 34.6 Å². The molecule has 0 bridgehead atoms. The smallest absolute Gasteiger partial charge is 0.267 e. The summed E-state index contributed by atoms with van der Waals surface area (Å²) in [7, 11) is 0. The number of aryl methyl sites for hydroxylation is 2. The van der Waals surface area contributed by atoms with Crippen LogP contribution < -0.4 is 10.9 Å². The van der Waals surface area contributed by atoms with Gasteiger partial charge in [-0.25, -0.2) is 0 Å². The van der Waals surface area contributed by atoms with E-state index in [-0.39, 0.29) is 5.91 Å². The molecule has 1 aromatic heterocycles. The number of nitrogens with one attached hydrogen (secondary N) is 2. The van der Waals surface area contributed by atoms with E-state index in [9.17, 15) is 9.59 Å². The quantitative estimate of drug-likeness (QED) is 0.827. The molecule has 2 N–H and O–H groups in total. The van der Waals surface area contributed by atoms with E-state index in [4.69, 9.17) is 11.6 Å². The Hall–Kier alpha value is -1.85. The van der Waals surface area contributed by atoms with Crippen molar-refractivity contribution in [1.82, 2.24) is 10.9 Å². The molecule has 1 aliphatic rings. The third-order valence-corrected chi connectivity index (χ3v) is 5.19. The van der Waals surface area contributed by atoms with Crippen molar-refractivity contribution in [1.29, 1.82) is 0 Å². The molecule has 4 nitrogen and oxygen atoms in total. The molecule has 22 heavy (non-hydrogen) atoms. The lowest BCUT2D eigenvalue weighted by molar-refractivity contribution is 0.0849. The maximum atomic E-state index is 12.1. The molecular weight excluding hydrogens is 320 g/mol. The van der Waals surface area contributed by atoms with Crippen molar-refractivity contribution in [2.75, 3.05) is 0 Å². The zero-order valence-corrected chi connectivity index (χ0v) is 13.4. The number of halogens is 1. The van der Waals surface area contributed by atoms with Crippen LogP contribution in [-0.2, 0) is 12.8 Å². The van der Waals surface area contributed by atoms with E-state index < -0.39 is 5.91 Å². The van der Waals surface area contributed by atoms with Gasteiger partial charge in [0.05, 0.1) is 15.5 Å². The summed E-state index contributed by atoms with van der Waals surface area (Å²) in [6, 6.07) is 8.62. The zero-order chi connectivity index (χ0) is 15.5. The average molecular weight is 335 g/mol. The van der Waals surface area contributed by atoms with Crippen LogP contribution in [-0.4, -0.2) is 11.8 Å². The lowest BCUT2D eigenvalue weighted by Crippen LogP contribution is -2.41. The minimum Gasteiger partial charge on any atom is -0.267 e. The number of hydrazine groups is 1. The Labute approximate surface area is 137 Å². The lowest BCUT2D eigenvalue weighted by atomic mass is 9.99. The Balaban J connectivity index is 1.64. The fourth-order valence-corrected chi connectivity index (χ4v) is 3.86. The molecule has 0 atom stereocenters. The number of carbonyl (C=O) groups is 2. The van der Waals surface area contributed by atoms with Gasteiger partial charge in [-0.2, -0.15) is 0 Å². The van der Waals surface area contributed by atoms with Gasteiger partial charge in [0.25, 0.3) is 11.8 Å². The van der Waals surface area contributed by atoms with Gasteiger partial charge in [0.2, 0.25) is 0 Å². The second kappa shape index (κ2) is 6.50. The van der Waals surface area contributed by atoms with Crippen molar-refractivity contribution in [2.24, 2.45) is 0 Å². The van der Waals surface area contributed by atoms with Crippen LogP contribution in [0.25, 0.3) is 0 Å². The molecule has 0 fully saturated rings. The van der Waals surface area contributed by atoms with E-state index in [1.54, 1.807) is 24.3 Å². The summed E-state index contributed by atoms with van der Waals surface area (Å²) >= 11 is 7.45. The third kappa shape index (κ3) is 3.15. The first-order chi connectivity index (χ1) is 10.6. The van der Waals surface area contributed by atoms with Gasteiger partial charge in [-0.05, 0) is 49.4 Å². The number of amides is 2. The molecule has 3 rings (SSSR count). The standard InChI is InChI=1S/C16H15ClN2O2S/c17-12-7-3-2-6-11(12)15(20)18-19-16(21)14-9-10-5-1-4-8-13(10)22-14/h2-3,6-7,9H,1,4-5,8H2,(H,18,20)(H,19,21). The number of benzene rings is 1. The molecule has 0 unspecified atom stereocenters. The lowest BCUT2D eigenvalue weighted by Gasteiger charge is -2.08. The van der Waals surface area contributed by atoms with Crippen LogP contribution in [0.1, 0.15) is 43.3 Å². The molecule has 1 aromatic carbocycles. The minimum atomic E-state index is -0.430. The predicted molar refractivity (Wildman–Crippen MR) is 87.3 cm³/mol. The van der Waals surface area contributed by atoms with Crippen LogP contribution in [0.3, 0.4) is 0 Å². The predicted octanol–water partition coefficient (Wildman–Crippen LogP) is 3.36. The largest absolute Gasteiger partial charge is 0.279 e. The Bertz CT molecular complexity index is 703. The number of fused-ring (bicyclic) bond motifs is 1. The number of hydrogen-bond donors (Lipinski definition) is 2. The van der Waals surface area contributed by atoms with Gasteiger partial charge < -0.3 is 0 Å². The number of carbonyl (C=O) groups excluding carboxylic acids is 2. The molecule has 0 spiro atoms. The molecule has 0 aliphatic heterocycles. The van der Waals surface area contributed by atoms with Gasteiger partial charge in [-0.3, -0.25) is 20.4 Å². The van der Waals surface area contributed by atoms with Gasteiger partial charge in [-0.1, -0.05) is 23.7 Å². The van der Waals surface area contributed by atoms with Crippen molar-refractivity contribution in [2.45, 2.75) is 25.7 Å². The fraction of sp³-hybridized carbons (Fsp3) is 0.250. The molecule has 0 saturated heterocycles.